The molecule has 0 spiro atoms. The first-order valence-electron chi connectivity index (χ1n) is 8.55. The highest BCUT2D eigenvalue weighted by Crippen LogP contribution is 2.35. The molecule has 1 heterocycles. The smallest absolute Gasteiger partial charge is 0.267 e. The summed E-state index contributed by atoms with van der Waals surface area (Å²) in [6, 6.07) is 5.38. The van der Waals surface area contributed by atoms with Gasteiger partial charge in [-0.2, -0.15) is 0 Å². The number of hydrogen-bond donors (Lipinski definition) is 4. The largest absolute Gasteiger partial charge is 0.493 e. The third-order valence-electron chi connectivity index (χ3n) is 4.13. The number of amides is 2. The fraction of sp³-hybridized carbons (Fsp3) is 0.444. The summed E-state index contributed by atoms with van der Waals surface area (Å²) in [6.45, 7) is 0.556. The van der Waals surface area contributed by atoms with Gasteiger partial charge in [0, 0.05) is 18.4 Å². The average molecular weight is 363 g/mol. The Hall–Kier alpha value is -2.74. The number of aromatic nitrogens is 1. The van der Waals surface area contributed by atoms with Crippen LogP contribution in [-0.4, -0.2) is 42.8 Å². The lowest BCUT2D eigenvalue weighted by Crippen LogP contribution is -2.24. The molecular weight excluding hydrogens is 338 g/mol. The third-order valence-corrected chi connectivity index (χ3v) is 4.13. The molecule has 0 radical (unpaired) electrons. The second-order valence-corrected chi connectivity index (χ2v) is 5.90. The number of hydroxylamine groups is 1. The molecule has 8 nitrogen and oxygen atoms in total. The molecule has 1 aromatic heterocycles. The van der Waals surface area contributed by atoms with Gasteiger partial charge in [0.1, 0.15) is 5.69 Å². The lowest BCUT2D eigenvalue weighted by Gasteiger charge is -2.07. The van der Waals surface area contributed by atoms with Crippen molar-refractivity contribution in [1.29, 1.82) is 0 Å². The van der Waals surface area contributed by atoms with Crippen LogP contribution in [0.3, 0.4) is 0 Å². The monoisotopic (exact) mass is 363 g/mol. The van der Waals surface area contributed by atoms with Crippen LogP contribution < -0.4 is 20.3 Å². The summed E-state index contributed by atoms with van der Waals surface area (Å²) in [7, 11) is 3.13. The lowest BCUT2D eigenvalue weighted by atomic mass is 10.1. The number of aromatic amines is 1. The van der Waals surface area contributed by atoms with E-state index in [-0.39, 0.29) is 11.8 Å². The number of unbranched alkanes of at least 4 members (excludes halogenated alkanes) is 3. The Kier molecular flexibility index (Phi) is 7.28. The van der Waals surface area contributed by atoms with Crippen LogP contribution >= 0.6 is 0 Å². The number of H-pyrrole nitrogens is 1. The Morgan fingerprint density at radius 3 is 2.58 bits per heavy atom. The summed E-state index contributed by atoms with van der Waals surface area (Å²) in [6.07, 6.45) is 3.61. The minimum absolute atomic E-state index is 0.179. The van der Waals surface area contributed by atoms with Gasteiger partial charge in [-0.05, 0) is 31.0 Å². The predicted octanol–water partition coefficient (Wildman–Crippen LogP) is 2.37. The molecule has 8 heteroatoms. The Labute approximate surface area is 151 Å². The summed E-state index contributed by atoms with van der Waals surface area (Å²) >= 11 is 0. The molecule has 0 atom stereocenters. The van der Waals surface area contributed by atoms with Gasteiger partial charge in [-0.1, -0.05) is 12.8 Å². The third kappa shape index (κ3) is 4.89. The molecule has 0 fully saturated rings. The van der Waals surface area contributed by atoms with Crippen molar-refractivity contribution in [2.24, 2.45) is 0 Å². The van der Waals surface area contributed by atoms with Gasteiger partial charge >= 0.3 is 0 Å². The van der Waals surface area contributed by atoms with Gasteiger partial charge in [0.25, 0.3) is 5.91 Å². The van der Waals surface area contributed by atoms with Crippen molar-refractivity contribution < 1.29 is 24.3 Å². The quantitative estimate of drug-likeness (QED) is 0.294. The van der Waals surface area contributed by atoms with Crippen molar-refractivity contribution in [3.05, 3.63) is 23.9 Å². The summed E-state index contributed by atoms with van der Waals surface area (Å²) in [5, 5.41) is 12.1. The number of carbonyl (C=O) groups excluding carboxylic acids is 2. The van der Waals surface area contributed by atoms with Crippen LogP contribution in [0.15, 0.2) is 18.2 Å². The number of methoxy groups -OCH3 is 2. The van der Waals surface area contributed by atoms with E-state index >= 15 is 0 Å². The van der Waals surface area contributed by atoms with E-state index in [0.717, 1.165) is 30.2 Å². The van der Waals surface area contributed by atoms with Crippen LogP contribution in [0, 0.1) is 0 Å². The van der Waals surface area contributed by atoms with Crippen LogP contribution in [0.4, 0.5) is 0 Å². The molecule has 2 rings (SSSR count). The van der Waals surface area contributed by atoms with Crippen LogP contribution in [0.1, 0.15) is 42.6 Å². The second-order valence-electron chi connectivity index (χ2n) is 5.90. The number of fused-ring (bicyclic) bond motifs is 1. The highest BCUT2D eigenvalue weighted by molar-refractivity contribution is 6.00. The maximum Gasteiger partial charge on any atom is 0.267 e. The van der Waals surface area contributed by atoms with E-state index in [4.69, 9.17) is 14.7 Å². The molecule has 0 aliphatic carbocycles. The van der Waals surface area contributed by atoms with Gasteiger partial charge in [-0.25, -0.2) is 5.48 Å². The fourth-order valence-electron chi connectivity index (χ4n) is 2.77. The summed E-state index contributed by atoms with van der Waals surface area (Å²) in [5.74, 6) is 0.652. The summed E-state index contributed by atoms with van der Waals surface area (Å²) in [4.78, 5) is 26.2. The van der Waals surface area contributed by atoms with Crippen LogP contribution in [0.5, 0.6) is 11.5 Å². The molecule has 0 saturated heterocycles. The van der Waals surface area contributed by atoms with Gasteiger partial charge in [-0.3, -0.25) is 14.8 Å². The van der Waals surface area contributed by atoms with Gasteiger partial charge in [0.05, 0.1) is 19.7 Å². The molecule has 1 aromatic carbocycles. The molecule has 0 aliphatic rings. The fourth-order valence-corrected chi connectivity index (χ4v) is 2.77. The van der Waals surface area contributed by atoms with E-state index in [1.807, 2.05) is 6.07 Å². The molecular formula is C18H25N3O5. The zero-order valence-electron chi connectivity index (χ0n) is 15.1. The normalized spacial score (nSPS) is 10.6. The number of carbonyl (C=O) groups is 2. The van der Waals surface area contributed by atoms with Crippen LogP contribution in [0.2, 0.25) is 0 Å². The minimum atomic E-state index is -0.371. The molecule has 0 saturated carbocycles. The number of ether oxygens (including phenoxy) is 2. The SMILES string of the molecule is COc1ccc2[nH]c(C(=O)NCCCCCCC(=O)NO)cc2c1OC. The van der Waals surface area contributed by atoms with Crippen molar-refractivity contribution in [1.82, 2.24) is 15.8 Å². The first kappa shape index (κ1) is 19.6. The Bertz CT molecular complexity index is 757. The molecule has 4 N–H and O–H groups in total. The van der Waals surface area contributed by atoms with E-state index in [0.29, 0.717) is 36.6 Å². The molecule has 2 aromatic rings. The van der Waals surface area contributed by atoms with E-state index < -0.39 is 0 Å². The highest BCUT2D eigenvalue weighted by Gasteiger charge is 2.15. The second kappa shape index (κ2) is 9.67. The lowest BCUT2D eigenvalue weighted by molar-refractivity contribution is -0.129. The summed E-state index contributed by atoms with van der Waals surface area (Å²) in [5.41, 5.74) is 2.88. The number of benzene rings is 1. The first-order valence-corrected chi connectivity index (χ1v) is 8.55. The Balaban J connectivity index is 1.83. The maximum atomic E-state index is 12.3. The van der Waals surface area contributed by atoms with Gasteiger partial charge in [0.2, 0.25) is 5.91 Å². The van der Waals surface area contributed by atoms with Gasteiger partial charge < -0.3 is 19.8 Å². The van der Waals surface area contributed by atoms with Crippen LogP contribution in [0.25, 0.3) is 10.9 Å². The average Bonchev–Trinajstić information content (AvgIpc) is 3.10. The molecule has 142 valence electrons. The van der Waals surface area contributed by atoms with Crippen molar-refractivity contribution in [2.45, 2.75) is 32.1 Å². The molecule has 0 aliphatic heterocycles. The zero-order valence-corrected chi connectivity index (χ0v) is 15.1. The Morgan fingerprint density at radius 2 is 1.88 bits per heavy atom. The van der Waals surface area contributed by atoms with Gasteiger partial charge in [-0.15, -0.1) is 0 Å². The molecule has 26 heavy (non-hydrogen) atoms. The highest BCUT2D eigenvalue weighted by atomic mass is 16.5. The van der Waals surface area contributed by atoms with E-state index in [2.05, 4.69) is 10.3 Å². The molecule has 0 unspecified atom stereocenters. The van der Waals surface area contributed by atoms with E-state index in [9.17, 15) is 9.59 Å². The number of hydrogen-bond acceptors (Lipinski definition) is 5. The van der Waals surface area contributed by atoms with Crippen molar-refractivity contribution in [3.8, 4) is 11.5 Å². The standard InChI is InChI=1S/C18H25N3O5/c1-25-15-9-8-13-12(17(15)26-2)11-14(20-13)18(23)19-10-6-4-3-5-7-16(22)21-24/h8-9,11,20,24H,3-7,10H2,1-2H3,(H,19,23)(H,21,22). The van der Waals surface area contributed by atoms with E-state index in [1.54, 1.807) is 31.8 Å². The number of nitrogens with one attached hydrogen (secondary N) is 3. The minimum Gasteiger partial charge on any atom is -0.493 e. The van der Waals surface area contributed by atoms with Crippen molar-refractivity contribution >= 4 is 22.7 Å². The predicted molar refractivity (Wildman–Crippen MR) is 96.8 cm³/mol. The maximum absolute atomic E-state index is 12.3. The number of rotatable bonds is 10. The molecule has 0 bridgehead atoms. The van der Waals surface area contributed by atoms with Crippen molar-refractivity contribution in [3.63, 3.8) is 0 Å². The molecule has 2 amide bonds. The van der Waals surface area contributed by atoms with Gasteiger partial charge in [0.15, 0.2) is 11.5 Å². The topological polar surface area (TPSA) is 113 Å². The Morgan fingerprint density at radius 1 is 1.12 bits per heavy atom. The van der Waals surface area contributed by atoms with Crippen LogP contribution in [-0.2, 0) is 4.79 Å². The van der Waals surface area contributed by atoms with E-state index in [1.165, 1.54) is 0 Å². The van der Waals surface area contributed by atoms with Crippen molar-refractivity contribution in [2.75, 3.05) is 20.8 Å². The first-order chi connectivity index (χ1) is 12.6. The summed E-state index contributed by atoms with van der Waals surface area (Å²) < 4.78 is 10.7. The zero-order chi connectivity index (χ0) is 18.9.